The van der Waals surface area contributed by atoms with Crippen LogP contribution < -0.4 is 10.6 Å². The van der Waals surface area contributed by atoms with E-state index in [1.54, 1.807) is 0 Å². The number of hydrogen-bond donors (Lipinski definition) is 2. The van der Waals surface area contributed by atoms with E-state index >= 15 is 0 Å². The van der Waals surface area contributed by atoms with Crippen molar-refractivity contribution >= 4 is 11.6 Å². The zero-order valence-electron chi connectivity index (χ0n) is 11.6. The van der Waals surface area contributed by atoms with Gasteiger partial charge in [-0.3, -0.25) is 4.79 Å². The number of carbonyl (C=O) groups is 1. The van der Waals surface area contributed by atoms with Gasteiger partial charge in [-0.15, -0.1) is 0 Å². The second-order valence-corrected chi connectivity index (χ2v) is 4.95. The van der Waals surface area contributed by atoms with Crippen LogP contribution in [0.15, 0.2) is 24.3 Å². The van der Waals surface area contributed by atoms with E-state index in [0.29, 0.717) is 12.3 Å². The average molecular weight is 248 g/mol. The van der Waals surface area contributed by atoms with Crippen LogP contribution in [-0.2, 0) is 11.2 Å². The van der Waals surface area contributed by atoms with Gasteiger partial charge in [-0.05, 0) is 43.1 Å². The van der Waals surface area contributed by atoms with Gasteiger partial charge in [0.05, 0.1) is 0 Å². The molecule has 0 aliphatic carbocycles. The van der Waals surface area contributed by atoms with Crippen LogP contribution in [0.4, 0.5) is 5.69 Å². The summed E-state index contributed by atoms with van der Waals surface area (Å²) in [6.07, 6.45) is 1.54. The standard InChI is InChI=1S/C15H24N2O/c1-4-15(18)17-14-7-5-13(6-8-14)9-10-16-11-12(2)3/h5-8,12,16H,4,9-11H2,1-3H3,(H,17,18). The highest BCUT2D eigenvalue weighted by Crippen LogP contribution is 2.10. The van der Waals surface area contributed by atoms with E-state index in [1.165, 1.54) is 5.56 Å². The lowest BCUT2D eigenvalue weighted by Gasteiger charge is -2.08. The Bertz CT molecular complexity index is 357. The molecule has 18 heavy (non-hydrogen) atoms. The van der Waals surface area contributed by atoms with Crippen molar-refractivity contribution in [2.75, 3.05) is 18.4 Å². The Labute approximate surface area is 110 Å². The molecular formula is C15H24N2O. The van der Waals surface area contributed by atoms with Crippen LogP contribution in [0.5, 0.6) is 0 Å². The normalized spacial score (nSPS) is 10.7. The molecule has 100 valence electrons. The number of benzene rings is 1. The second-order valence-electron chi connectivity index (χ2n) is 4.95. The first kappa shape index (κ1) is 14.7. The SMILES string of the molecule is CCC(=O)Nc1ccc(CCNCC(C)C)cc1. The quantitative estimate of drug-likeness (QED) is 0.729. The lowest BCUT2D eigenvalue weighted by molar-refractivity contribution is -0.115. The van der Waals surface area contributed by atoms with Crippen LogP contribution in [0.2, 0.25) is 0 Å². The Morgan fingerprint density at radius 3 is 2.44 bits per heavy atom. The fourth-order valence-electron chi connectivity index (χ4n) is 1.63. The average Bonchev–Trinajstić information content (AvgIpc) is 2.36. The smallest absolute Gasteiger partial charge is 0.224 e. The van der Waals surface area contributed by atoms with Crippen molar-refractivity contribution in [1.82, 2.24) is 5.32 Å². The van der Waals surface area contributed by atoms with Gasteiger partial charge in [-0.25, -0.2) is 0 Å². The molecule has 1 amide bonds. The van der Waals surface area contributed by atoms with E-state index < -0.39 is 0 Å². The van der Waals surface area contributed by atoms with E-state index in [9.17, 15) is 4.79 Å². The molecule has 0 aliphatic heterocycles. The Hall–Kier alpha value is -1.35. The minimum Gasteiger partial charge on any atom is -0.326 e. The topological polar surface area (TPSA) is 41.1 Å². The Balaban J connectivity index is 2.33. The molecule has 1 aromatic carbocycles. The van der Waals surface area contributed by atoms with Gasteiger partial charge in [-0.1, -0.05) is 32.9 Å². The molecule has 0 atom stereocenters. The summed E-state index contributed by atoms with van der Waals surface area (Å²) in [4.78, 5) is 11.2. The minimum atomic E-state index is 0.0568. The van der Waals surface area contributed by atoms with Crippen molar-refractivity contribution in [1.29, 1.82) is 0 Å². The first-order valence-corrected chi connectivity index (χ1v) is 6.71. The van der Waals surface area contributed by atoms with Crippen molar-refractivity contribution in [3.8, 4) is 0 Å². The zero-order valence-corrected chi connectivity index (χ0v) is 11.6. The monoisotopic (exact) mass is 248 g/mol. The van der Waals surface area contributed by atoms with E-state index in [1.807, 2.05) is 19.1 Å². The molecule has 1 aromatic rings. The lowest BCUT2D eigenvalue weighted by atomic mass is 10.1. The van der Waals surface area contributed by atoms with E-state index in [2.05, 4.69) is 36.6 Å². The van der Waals surface area contributed by atoms with Crippen LogP contribution in [0.25, 0.3) is 0 Å². The molecule has 2 N–H and O–H groups in total. The van der Waals surface area contributed by atoms with Crippen molar-refractivity contribution in [3.63, 3.8) is 0 Å². The highest BCUT2D eigenvalue weighted by Gasteiger charge is 1.99. The van der Waals surface area contributed by atoms with E-state index in [0.717, 1.165) is 25.2 Å². The molecule has 0 radical (unpaired) electrons. The van der Waals surface area contributed by atoms with Gasteiger partial charge in [0.15, 0.2) is 0 Å². The molecule has 3 nitrogen and oxygen atoms in total. The minimum absolute atomic E-state index is 0.0568. The largest absolute Gasteiger partial charge is 0.326 e. The molecule has 3 heteroatoms. The predicted molar refractivity (Wildman–Crippen MR) is 76.8 cm³/mol. The molecule has 1 rings (SSSR count). The summed E-state index contributed by atoms with van der Waals surface area (Å²) in [6.45, 7) is 8.32. The Kier molecular flexibility index (Phi) is 6.44. The van der Waals surface area contributed by atoms with Gasteiger partial charge in [0.25, 0.3) is 0 Å². The third-order valence-electron chi connectivity index (χ3n) is 2.70. The summed E-state index contributed by atoms with van der Waals surface area (Å²) >= 11 is 0. The summed E-state index contributed by atoms with van der Waals surface area (Å²) in [5.41, 5.74) is 2.17. The molecular weight excluding hydrogens is 224 g/mol. The fourth-order valence-corrected chi connectivity index (χ4v) is 1.63. The number of anilines is 1. The van der Waals surface area contributed by atoms with Gasteiger partial charge in [-0.2, -0.15) is 0 Å². The number of amides is 1. The maximum absolute atomic E-state index is 11.2. The first-order valence-electron chi connectivity index (χ1n) is 6.71. The number of nitrogens with one attached hydrogen (secondary N) is 2. The Morgan fingerprint density at radius 1 is 1.22 bits per heavy atom. The van der Waals surface area contributed by atoms with Gasteiger partial charge in [0.2, 0.25) is 5.91 Å². The molecule has 0 saturated carbocycles. The number of rotatable bonds is 7. The molecule has 0 aliphatic rings. The Morgan fingerprint density at radius 2 is 1.89 bits per heavy atom. The third kappa shape index (κ3) is 5.82. The highest BCUT2D eigenvalue weighted by molar-refractivity contribution is 5.90. The van der Waals surface area contributed by atoms with Gasteiger partial charge in [0, 0.05) is 12.1 Å². The van der Waals surface area contributed by atoms with Gasteiger partial charge in [0.1, 0.15) is 0 Å². The highest BCUT2D eigenvalue weighted by atomic mass is 16.1. The van der Waals surface area contributed by atoms with Crippen molar-refractivity contribution in [2.45, 2.75) is 33.6 Å². The van der Waals surface area contributed by atoms with Crippen molar-refractivity contribution in [3.05, 3.63) is 29.8 Å². The van der Waals surface area contributed by atoms with Crippen molar-refractivity contribution in [2.24, 2.45) is 5.92 Å². The summed E-state index contributed by atoms with van der Waals surface area (Å²) in [5.74, 6) is 0.748. The second kappa shape index (κ2) is 7.88. The number of hydrogen-bond acceptors (Lipinski definition) is 2. The third-order valence-corrected chi connectivity index (χ3v) is 2.70. The van der Waals surface area contributed by atoms with Crippen LogP contribution in [0, 0.1) is 5.92 Å². The molecule has 0 bridgehead atoms. The fraction of sp³-hybridized carbons (Fsp3) is 0.533. The van der Waals surface area contributed by atoms with E-state index in [-0.39, 0.29) is 5.91 Å². The summed E-state index contributed by atoms with van der Waals surface area (Å²) in [5, 5.41) is 6.27. The van der Waals surface area contributed by atoms with Crippen LogP contribution in [0.1, 0.15) is 32.8 Å². The zero-order chi connectivity index (χ0) is 13.4. The maximum Gasteiger partial charge on any atom is 0.224 e. The maximum atomic E-state index is 11.2. The molecule has 0 heterocycles. The molecule has 0 fully saturated rings. The van der Waals surface area contributed by atoms with Gasteiger partial charge < -0.3 is 10.6 Å². The van der Waals surface area contributed by atoms with Crippen LogP contribution in [0.3, 0.4) is 0 Å². The molecule has 0 saturated heterocycles. The van der Waals surface area contributed by atoms with Gasteiger partial charge >= 0.3 is 0 Å². The lowest BCUT2D eigenvalue weighted by Crippen LogP contribution is -2.22. The molecule has 0 spiro atoms. The van der Waals surface area contributed by atoms with E-state index in [4.69, 9.17) is 0 Å². The molecule has 0 aromatic heterocycles. The molecule has 0 unspecified atom stereocenters. The summed E-state index contributed by atoms with van der Waals surface area (Å²) in [7, 11) is 0. The predicted octanol–water partition coefficient (Wildman–Crippen LogP) is 2.82. The summed E-state index contributed by atoms with van der Waals surface area (Å²) in [6, 6.07) is 8.07. The summed E-state index contributed by atoms with van der Waals surface area (Å²) < 4.78 is 0. The van der Waals surface area contributed by atoms with Crippen LogP contribution in [-0.4, -0.2) is 19.0 Å². The number of carbonyl (C=O) groups excluding carboxylic acids is 1. The first-order chi connectivity index (χ1) is 8.61. The van der Waals surface area contributed by atoms with Crippen molar-refractivity contribution < 1.29 is 4.79 Å². The van der Waals surface area contributed by atoms with Crippen LogP contribution >= 0.6 is 0 Å².